The van der Waals surface area contributed by atoms with Gasteiger partial charge < -0.3 is 49.8 Å². The van der Waals surface area contributed by atoms with Crippen LogP contribution < -0.4 is 0 Å². The number of para-hydroxylation sites is 3. The molecule has 0 saturated heterocycles. The number of aryl methyl sites for hydroxylation is 1. The van der Waals surface area contributed by atoms with Crippen molar-refractivity contribution in [3.05, 3.63) is 179 Å². The molecule has 0 aromatic heterocycles. The molecule has 0 fully saturated rings. The number of rotatable bonds is 25. The zero-order valence-corrected chi connectivity index (χ0v) is 52.4. The Morgan fingerprint density at radius 2 is 0.709 bits per heavy atom. The van der Waals surface area contributed by atoms with Crippen molar-refractivity contribution in [2.75, 3.05) is 114 Å². The lowest BCUT2D eigenvalue weighted by molar-refractivity contribution is 0.297. The van der Waals surface area contributed by atoms with Gasteiger partial charge in [0.25, 0.3) is 0 Å². The molecule has 0 bridgehead atoms. The van der Waals surface area contributed by atoms with Crippen LogP contribution in [0.2, 0.25) is 0 Å². The van der Waals surface area contributed by atoms with Gasteiger partial charge in [0.1, 0.15) is 23.0 Å². The second-order valence-corrected chi connectivity index (χ2v) is 21.2. The predicted molar refractivity (Wildman–Crippen MR) is 345 cm³/mol. The molecule has 438 valence electrons. The van der Waals surface area contributed by atoms with E-state index in [1.807, 2.05) is 93.0 Å². The highest BCUT2D eigenvalue weighted by Crippen LogP contribution is 2.21. The molecule has 0 unspecified atom stereocenters. The van der Waals surface area contributed by atoms with Gasteiger partial charge in [-0.15, -0.1) is 25.3 Å². The smallest absolute Gasteiger partial charge is 0.118 e. The number of aromatic hydroxyl groups is 4. The first kappa shape index (κ1) is 72.0. The number of benzene rings is 6. The lowest BCUT2D eigenvalue weighted by Crippen LogP contribution is -2.25. The van der Waals surface area contributed by atoms with Crippen LogP contribution in [-0.4, -0.2) is 164 Å². The maximum Gasteiger partial charge on any atom is 0.118 e. The van der Waals surface area contributed by atoms with Crippen LogP contribution in [0.4, 0.5) is 0 Å². The third-order valence-corrected chi connectivity index (χ3v) is 14.2. The first-order valence-electron chi connectivity index (χ1n) is 28.6. The molecule has 0 aliphatic rings. The summed E-state index contributed by atoms with van der Waals surface area (Å²) in [6.07, 6.45) is 7.28. The molecule has 0 saturated carbocycles. The minimum absolute atomic E-state index is 0.322. The van der Waals surface area contributed by atoms with Crippen LogP contribution in [0.25, 0.3) is 0 Å². The molecule has 0 aliphatic carbocycles. The molecule has 0 radical (unpaired) electrons. The van der Waals surface area contributed by atoms with E-state index in [2.05, 4.69) is 155 Å². The number of hydrogen-bond acceptors (Lipinski definition) is 12. The van der Waals surface area contributed by atoms with Crippen LogP contribution >= 0.6 is 25.3 Å². The van der Waals surface area contributed by atoms with E-state index in [0.29, 0.717) is 23.0 Å². The maximum absolute atomic E-state index is 9.80. The van der Waals surface area contributed by atoms with Crippen LogP contribution in [0.5, 0.6) is 23.0 Å². The van der Waals surface area contributed by atoms with E-state index >= 15 is 0 Å². The second kappa shape index (κ2) is 44.7. The van der Waals surface area contributed by atoms with Crippen molar-refractivity contribution in [1.82, 2.24) is 29.4 Å². The highest BCUT2D eigenvalue weighted by Gasteiger charge is 2.07. The topological polar surface area (TPSA) is 100 Å². The Labute approximate surface area is 491 Å². The van der Waals surface area contributed by atoms with Crippen LogP contribution in [-0.2, 0) is 38.6 Å². The quantitative estimate of drug-likeness (QED) is 0.0246. The number of thiol groups is 2. The lowest BCUT2D eigenvalue weighted by atomic mass is 10.0. The molecule has 10 nitrogen and oxygen atoms in total. The van der Waals surface area contributed by atoms with Gasteiger partial charge in [0.2, 0.25) is 0 Å². The second-order valence-electron chi connectivity index (χ2n) is 20.2. The lowest BCUT2D eigenvalue weighted by Gasteiger charge is -2.18. The number of phenolic OH excluding ortho intramolecular Hbond substituents is 4. The summed E-state index contributed by atoms with van der Waals surface area (Å²) in [6, 6.07) is 46.3. The van der Waals surface area contributed by atoms with Gasteiger partial charge >= 0.3 is 0 Å². The summed E-state index contributed by atoms with van der Waals surface area (Å²) in [5, 5.41) is 37.6. The molecular formula is C67H104N6O4S2. The fraction of sp³-hybridized carbons (Fsp3) is 0.463. The summed E-state index contributed by atoms with van der Waals surface area (Å²) in [5.41, 5.74) is 7.09. The van der Waals surface area contributed by atoms with Gasteiger partial charge in [-0.1, -0.05) is 145 Å². The first-order valence-corrected chi connectivity index (χ1v) is 29.5. The fourth-order valence-corrected chi connectivity index (χ4v) is 8.60. The van der Waals surface area contributed by atoms with Gasteiger partial charge in [-0.2, -0.15) is 0 Å². The summed E-state index contributed by atoms with van der Waals surface area (Å²) < 4.78 is 0. The van der Waals surface area contributed by atoms with Gasteiger partial charge in [-0.25, -0.2) is 0 Å². The standard InChI is InChI=1S/C14H24N2O.C14H23NO.C12H19NO.C12H19NS.C9H13NS.C6H6O/c1-15(2)9-7-12-5-6-14(17)13(11-12)8-10-16(3)4;1-3-15(4-2)12-8-7-10-13-9-5-6-11-14(13)16;2*1-3-13(4-2)10-9-11-7-5-6-8-12(11)14;1-10(2)7-8-5-3-4-6-9(8)11;7-6-4-2-1-3-5-6/h5-6,11,17H,7-10H2,1-4H3;5-6,9,11,16H,3-4,7-8,10,12H2,1-2H3;2*5-8,14H,3-4,9-10H2,1-2H3;3-6,11H,7H2,1-2H3;1-5,7H. The van der Waals surface area contributed by atoms with Gasteiger partial charge in [0, 0.05) is 42.5 Å². The van der Waals surface area contributed by atoms with E-state index < -0.39 is 0 Å². The number of likely N-dealkylation sites (N-methyl/N-ethyl adjacent to an activating group) is 4. The fourth-order valence-electron chi connectivity index (χ4n) is 8.10. The number of unbranched alkanes of at least 4 members (excludes halogenated alkanes) is 1. The number of phenols is 4. The van der Waals surface area contributed by atoms with Crippen LogP contribution in [0.3, 0.4) is 0 Å². The molecule has 0 amide bonds. The molecule has 0 aliphatic heterocycles. The van der Waals surface area contributed by atoms with Crippen molar-refractivity contribution in [3.8, 4) is 23.0 Å². The van der Waals surface area contributed by atoms with Gasteiger partial charge in [-0.3, -0.25) is 0 Å². The summed E-state index contributed by atoms with van der Waals surface area (Å²) in [4.78, 5) is 15.8. The van der Waals surface area contributed by atoms with Crippen molar-refractivity contribution in [3.63, 3.8) is 0 Å². The zero-order valence-electron chi connectivity index (χ0n) is 50.7. The number of hydrogen-bond donors (Lipinski definition) is 6. The zero-order chi connectivity index (χ0) is 58.8. The Kier molecular flexibility index (Phi) is 40.7. The average Bonchev–Trinajstić information content (AvgIpc) is 3.44. The van der Waals surface area contributed by atoms with E-state index in [1.54, 1.807) is 36.4 Å². The average molecular weight is 1120 g/mol. The minimum atomic E-state index is 0.322. The molecule has 6 aromatic carbocycles. The minimum Gasteiger partial charge on any atom is -0.508 e. The molecule has 0 heterocycles. The number of nitrogens with zero attached hydrogens (tertiary/aromatic N) is 6. The van der Waals surface area contributed by atoms with Gasteiger partial charge in [0.15, 0.2) is 0 Å². The monoisotopic (exact) mass is 1120 g/mol. The molecule has 79 heavy (non-hydrogen) atoms. The highest BCUT2D eigenvalue weighted by molar-refractivity contribution is 7.80. The summed E-state index contributed by atoms with van der Waals surface area (Å²) >= 11 is 8.79. The van der Waals surface area contributed by atoms with E-state index in [0.717, 1.165) is 137 Å². The Hall–Kier alpha value is -5.02. The van der Waals surface area contributed by atoms with E-state index in [9.17, 15) is 15.3 Å². The van der Waals surface area contributed by atoms with Crippen LogP contribution in [0.15, 0.2) is 155 Å². The Morgan fingerprint density at radius 1 is 0.329 bits per heavy atom. The molecule has 12 heteroatoms. The highest BCUT2D eigenvalue weighted by atomic mass is 32.1. The Morgan fingerprint density at radius 3 is 1.14 bits per heavy atom. The van der Waals surface area contributed by atoms with Crippen molar-refractivity contribution in [2.24, 2.45) is 0 Å². The third-order valence-electron chi connectivity index (χ3n) is 13.3. The van der Waals surface area contributed by atoms with Crippen LogP contribution in [0.1, 0.15) is 87.8 Å². The summed E-state index contributed by atoms with van der Waals surface area (Å²) in [6.45, 7) is 26.1. The maximum atomic E-state index is 9.80. The Balaban J connectivity index is 0.000000481. The SMILES string of the molecule is CCN(CC)CCCCc1ccccc1O.CCN(CC)CCc1ccccc1O.CCN(CC)CCc1ccccc1S.CN(C)CCc1ccc(O)c(CCN(C)C)c1.CN(C)Cc1ccccc1S.Oc1ccccc1. The van der Waals surface area contributed by atoms with Gasteiger partial charge in [0.05, 0.1) is 0 Å². The largest absolute Gasteiger partial charge is 0.508 e. The van der Waals surface area contributed by atoms with Crippen molar-refractivity contribution in [1.29, 1.82) is 0 Å². The third kappa shape index (κ3) is 34.7. The molecule has 0 spiro atoms. The van der Waals surface area contributed by atoms with E-state index in [4.69, 9.17) is 5.11 Å². The molecule has 0 atom stereocenters. The van der Waals surface area contributed by atoms with Crippen LogP contribution in [0, 0.1) is 0 Å². The summed E-state index contributed by atoms with van der Waals surface area (Å²) in [5.74, 6) is 1.59. The molecule has 6 aromatic rings. The molecular weight excluding hydrogens is 1020 g/mol. The first-order chi connectivity index (χ1) is 37.9. The van der Waals surface area contributed by atoms with Gasteiger partial charge in [-0.05, 0) is 209 Å². The molecule has 6 rings (SSSR count). The summed E-state index contributed by atoms with van der Waals surface area (Å²) in [7, 11) is 12.4. The van der Waals surface area contributed by atoms with Crippen molar-refractivity contribution < 1.29 is 20.4 Å². The normalized spacial score (nSPS) is 10.7. The molecule has 4 N–H and O–H groups in total. The predicted octanol–water partition coefficient (Wildman–Crippen LogP) is 13.2. The van der Waals surface area contributed by atoms with E-state index in [-0.39, 0.29) is 0 Å². The Bertz CT molecular complexity index is 2350. The van der Waals surface area contributed by atoms with Crippen molar-refractivity contribution >= 4 is 25.3 Å². The van der Waals surface area contributed by atoms with E-state index in [1.165, 1.54) is 29.7 Å². The van der Waals surface area contributed by atoms with Crippen molar-refractivity contribution in [2.45, 2.75) is 103 Å².